The average molecular weight is 300 g/mol. The lowest BCUT2D eigenvalue weighted by Gasteiger charge is -2.01. The Labute approximate surface area is 105 Å². The second-order valence-electron chi connectivity index (χ2n) is 3.15. The summed E-state index contributed by atoms with van der Waals surface area (Å²) < 4.78 is 0.962. The van der Waals surface area contributed by atoms with Gasteiger partial charge in [0.1, 0.15) is 5.82 Å². The van der Waals surface area contributed by atoms with E-state index in [2.05, 4.69) is 31.2 Å². The molecule has 1 amide bonds. The summed E-state index contributed by atoms with van der Waals surface area (Å²) in [7, 11) is 0. The van der Waals surface area contributed by atoms with Gasteiger partial charge < -0.3 is 10.3 Å². The number of carbonyl (C=O) groups excluding carboxylic acids is 1. The second-order valence-corrected chi connectivity index (χ2v) is 5.61. The Hall–Kier alpha value is -1.14. The molecular weight excluding hydrogens is 290 g/mol. The van der Waals surface area contributed by atoms with Gasteiger partial charge in [0.05, 0.1) is 8.66 Å². The van der Waals surface area contributed by atoms with E-state index in [0.29, 0.717) is 17.8 Å². The third-order valence-corrected chi connectivity index (χ3v) is 3.62. The summed E-state index contributed by atoms with van der Waals surface area (Å²) in [6, 6.07) is 3.67. The molecule has 0 fully saturated rings. The number of thiophene rings is 1. The number of imidazole rings is 1. The SMILES string of the molecule is O=C(NCCc1ncc[nH]1)c1ccc(Br)s1. The van der Waals surface area contributed by atoms with Gasteiger partial charge in [-0.3, -0.25) is 4.79 Å². The molecule has 0 spiro atoms. The first kappa shape index (κ1) is 11.3. The van der Waals surface area contributed by atoms with Gasteiger partial charge in [-0.2, -0.15) is 0 Å². The van der Waals surface area contributed by atoms with E-state index in [0.717, 1.165) is 9.61 Å². The Bertz CT molecular complexity index is 466. The van der Waals surface area contributed by atoms with E-state index in [4.69, 9.17) is 0 Å². The Kier molecular flexibility index (Phi) is 3.74. The Morgan fingerprint density at radius 3 is 3.06 bits per heavy atom. The topological polar surface area (TPSA) is 57.8 Å². The number of hydrogen-bond acceptors (Lipinski definition) is 3. The van der Waals surface area contributed by atoms with Crippen LogP contribution in [0.3, 0.4) is 0 Å². The molecule has 16 heavy (non-hydrogen) atoms. The number of hydrogen-bond donors (Lipinski definition) is 2. The van der Waals surface area contributed by atoms with Gasteiger partial charge in [0, 0.05) is 25.4 Å². The summed E-state index contributed by atoms with van der Waals surface area (Å²) in [6.07, 6.45) is 4.19. The van der Waals surface area contributed by atoms with E-state index >= 15 is 0 Å². The van der Waals surface area contributed by atoms with E-state index in [9.17, 15) is 4.79 Å². The molecular formula is C10H10BrN3OS. The number of amides is 1. The van der Waals surface area contributed by atoms with Crippen molar-refractivity contribution < 1.29 is 4.79 Å². The third-order valence-electron chi connectivity index (χ3n) is 2.00. The number of nitrogens with one attached hydrogen (secondary N) is 2. The average Bonchev–Trinajstić information content (AvgIpc) is 2.89. The molecule has 2 aromatic heterocycles. The monoisotopic (exact) mass is 299 g/mol. The molecule has 0 bridgehead atoms. The largest absolute Gasteiger partial charge is 0.351 e. The number of aromatic nitrogens is 2. The van der Waals surface area contributed by atoms with Crippen LogP contribution in [0, 0.1) is 0 Å². The van der Waals surface area contributed by atoms with Gasteiger partial charge in [-0.05, 0) is 28.1 Å². The summed E-state index contributed by atoms with van der Waals surface area (Å²) >= 11 is 4.75. The van der Waals surface area contributed by atoms with Crippen molar-refractivity contribution in [3.63, 3.8) is 0 Å². The zero-order chi connectivity index (χ0) is 11.4. The molecule has 4 nitrogen and oxygen atoms in total. The lowest BCUT2D eigenvalue weighted by Crippen LogP contribution is -2.25. The van der Waals surface area contributed by atoms with Gasteiger partial charge in [-0.25, -0.2) is 4.98 Å². The maximum atomic E-state index is 11.6. The van der Waals surface area contributed by atoms with Crippen LogP contribution >= 0.6 is 27.3 Å². The fourth-order valence-corrected chi connectivity index (χ4v) is 2.56. The molecule has 0 radical (unpaired) electrons. The Morgan fingerprint density at radius 2 is 2.44 bits per heavy atom. The second kappa shape index (κ2) is 5.27. The third kappa shape index (κ3) is 2.93. The van der Waals surface area contributed by atoms with Gasteiger partial charge >= 0.3 is 0 Å². The minimum Gasteiger partial charge on any atom is -0.351 e. The highest BCUT2D eigenvalue weighted by molar-refractivity contribution is 9.11. The quantitative estimate of drug-likeness (QED) is 0.909. The van der Waals surface area contributed by atoms with Crippen LogP contribution in [0.15, 0.2) is 28.3 Å². The van der Waals surface area contributed by atoms with Gasteiger partial charge in [0.25, 0.3) is 5.91 Å². The highest BCUT2D eigenvalue weighted by Crippen LogP contribution is 2.21. The van der Waals surface area contributed by atoms with Crippen molar-refractivity contribution in [1.29, 1.82) is 0 Å². The minimum absolute atomic E-state index is 0.0396. The van der Waals surface area contributed by atoms with Crippen molar-refractivity contribution in [3.05, 3.63) is 39.0 Å². The summed E-state index contributed by atoms with van der Waals surface area (Å²) in [5.74, 6) is 0.843. The lowest BCUT2D eigenvalue weighted by molar-refractivity contribution is 0.0958. The zero-order valence-electron chi connectivity index (χ0n) is 8.37. The van der Waals surface area contributed by atoms with Crippen molar-refractivity contribution >= 4 is 33.2 Å². The van der Waals surface area contributed by atoms with E-state index in [1.165, 1.54) is 11.3 Å². The van der Waals surface area contributed by atoms with E-state index in [1.54, 1.807) is 18.5 Å². The standard InChI is InChI=1S/C10H10BrN3OS/c11-8-2-1-7(16-8)10(15)14-4-3-9-12-5-6-13-9/h1-2,5-6H,3-4H2,(H,12,13)(H,14,15). The van der Waals surface area contributed by atoms with Crippen molar-refractivity contribution in [3.8, 4) is 0 Å². The molecule has 6 heteroatoms. The van der Waals surface area contributed by atoms with Gasteiger partial charge in [-0.1, -0.05) is 0 Å². The summed E-state index contributed by atoms with van der Waals surface area (Å²) in [5, 5.41) is 2.84. The van der Waals surface area contributed by atoms with Crippen molar-refractivity contribution in [1.82, 2.24) is 15.3 Å². The number of rotatable bonds is 4. The molecule has 0 aromatic carbocycles. The smallest absolute Gasteiger partial charge is 0.261 e. The first-order valence-electron chi connectivity index (χ1n) is 4.77. The number of carbonyl (C=O) groups is 1. The Balaban J connectivity index is 1.80. The van der Waals surface area contributed by atoms with E-state index in [1.807, 2.05) is 6.07 Å². The number of aromatic amines is 1. The highest BCUT2D eigenvalue weighted by Gasteiger charge is 2.07. The summed E-state index contributed by atoms with van der Waals surface area (Å²) in [5.41, 5.74) is 0. The summed E-state index contributed by atoms with van der Waals surface area (Å²) in [4.78, 5) is 19.4. The van der Waals surface area contributed by atoms with Crippen molar-refractivity contribution in [2.75, 3.05) is 6.54 Å². The first-order valence-corrected chi connectivity index (χ1v) is 6.38. The van der Waals surface area contributed by atoms with Crippen molar-refractivity contribution in [2.24, 2.45) is 0 Å². The van der Waals surface area contributed by atoms with Crippen LogP contribution in [-0.2, 0) is 6.42 Å². The van der Waals surface area contributed by atoms with E-state index in [-0.39, 0.29) is 5.91 Å². The highest BCUT2D eigenvalue weighted by atomic mass is 79.9. The molecule has 0 saturated carbocycles. The molecule has 2 heterocycles. The molecule has 0 atom stereocenters. The summed E-state index contributed by atoms with van der Waals surface area (Å²) in [6.45, 7) is 0.585. The number of nitrogens with zero attached hydrogens (tertiary/aromatic N) is 1. The van der Waals surface area contributed by atoms with Gasteiger partial charge in [0.15, 0.2) is 0 Å². The molecule has 0 aliphatic rings. The van der Waals surface area contributed by atoms with Crippen LogP contribution in [0.1, 0.15) is 15.5 Å². The van der Waals surface area contributed by atoms with Crippen LogP contribution in [0.5, 0.6) is 0 Å². The van der Waals surface area contributed by atoms with E-state index < -0.39 is 0 Å². The molecule has 2 N–H and O–H groups in total. The van der Waals surface area contributed by atoms with Crippen LogP contribution in [0.4, 0.5) is 0 Å². The fourth-order valence-electron chi connectivity index (χ4n) is 1.25. The van der Waals surface area contributed by atoms with Gasteiger partial charge in [0.2, 0.25) is 0 Å². The van der Waals surface area contributed by atoms with Crippen LogP contribution < -0.4 is 5.32 Å². The van der Waals surface area contributed by atoms with Crippen LogP contribution in [0.25, 0.3) is 0 Å². The molecule has 2 aromatic rings. The normalized spacial score (nSPS) is 10.3. The maximum Gasteiger partial charge on any atom is 0.261 e. The van der Waals surface area contributed by atoms with Crippen molar-refractivity contribution in [2.45, 2.75) is 6.42 Å². The minimum atomic E-state index is -0.0396. The predicted molar refractivity (Wildman–Crippen MR) is 66.6 cm³/mol. The first-order chi connectivity index (χ1) is 7.75. The molecule has 84 valence electrons. The molecule has 0 aliphatic heterocycles. The fraction of sp³-hybridized carbons (Fsp3) is 0.200. The maximum absolute atomic E-state index is 11.6. The Morgan fingerprint density at radius 1 is 1.56 bits per heavy atom. The number of halogens is 1. The molecule has 2 rings (SSSR count). The van der Waals surface area contributed by atoms with Crippen LogP contribution in [0.2, 0.25) is 0 Å². The number of H-pyrrole nitrogens is 1. The van der Waals surface area contributed by atoms with Crippen LogP contribution in [-0.4, -0.2) is 22.4 Å². The molecule has 0 aliphatic carbocycles. The van der Waals surface area contributed by atoms with Gasteiger partial charge in [-0.15, -0.1) is 11.3 Å². The molecule has 0 unspecified atom stereocenters. The molecule has 0 saturated heterocycles. The zero-order valence-corrected chi connectivity index (χ0v) is 10.8. The predicted octanol–water partition coefficient (Wildman–Crippen LogP) is 2.21. The lowest BCUT2D eigenvalue weighted by atomic mass is 10.4.